The first-order valence-corrected chi connectivity index (χ1v) is 6.24. The number of carboxylic acids is 2. The highest BCUT2D eigenvalue weighted by Crippen LogP contribution is 2.32. The molecule has 2 fully saturated rings. The van der Waals surface area contributed by atoms with Crippen molar-refractivity contribution in [3.8, 4) is 0 Å². The lowest BCUT2D eigenvalue weighted by atomic mass is 9.82. The van der Waals surface area contributed by atoms with Gasteiger partial charge in [-0.1, -0.05) is 0 Å². The molecule has 0 radical (unpaired) electrons. The van der Waals surface area contributed by atoms with Crippen LogP contribution in [0, 0.1) is 11.8 Å². The van der Waals surface area contributed by atoms with Crippen LogP contribution in [0.5, 0.6) is 0 Å². The predicted molar refractivity (Wildman–Crippen MR) is 60.2 cm³/mol. The normalized spacial score (nSPS) is 28.4. The summed E-state index contributed by atoms with van der Waals surface area (Å²) in [6, 6.07) is 0. The lowest BCUT2D eigenvalue weighted by Crippen LogP contribution is -2.28. The van der Waals surface area contributed by atoms with Crippen LogP contribution in [0.15, 0.2) is 0 Å². The maximum absolute atomic E-state index is 11.2. The molecule has 2 aliphatic heterocycles. The molecule has 0 aromatic heterocycles. The maximum atomic E-state index is 11.2. The Kier molecular flexibility index (Phi) is 4.19. The van der Waals surface area contributed by atoms with Crippen LogP contribution in [0.3, 0.4) is 0 Å². The minimum Gasteiger partial charge on any atom is -0.481 e. The Morgan fingerprint density at radius 1 is 1.17 bits per heavy atom. The Morgan fingerprint density at radius 3 is 2.22 bits per heavy atom. The van der Waals surface area contributed by atoms with Crippen molar-refractivity contribution in [2.24, 2.45) is 11.8 Å². The van der Waals surface area contributed by atoms with Gasteiger partial charge >= 0.3 is 11.9 Å². The van der Waals surface area contributed by atoms with E-state index in [1.165, 1.54) is 0 Å². The molecule has 4 atom stereocenters. The molecule has 2 aliphatic rings. The molecule has 0 amide bonds. The van der Waals surface area contributed by atoms with E-state index in [1.807, 2.05) is 0 Å². The lowest BCUT2D eigenvalue weighted by molar-refractivity contribution is -0.150. The lowest BCUT2D eigenvalue weighted by Gasteiger charge is -2.21. The van der Waals surface area contributed by atoms with Crippen molar-refractivity contribution in [1.29, 1.82) is 0 Å². The average Bonchev–Trinajstić information content (AvgIpc) is 3.13. The Labute approximate surface area is 105 Å². The Morgan fingerprint density at radius 2 is 1.78 bits per heavy atom. The fourth-order valence-electron chi connectivity index (χ4n) is 2.30. The maximum Gasteiger partial charge on any atom is 0.307 e. The van der Waals surface area contributed by atoms with Gasteiger partial charge in [-0.2, -0.15) is 0 Å². The number of epoxide rings is 2. The second-order valence-corrected chi connectivity index (χ2v) is 5.03. The summed E-state index contributed by atoms with van der Waals surface area (Å²) in [6.45, 7) is 1.40. The van der Waals surface area contributed by atoms with Crippen LogP contribution in [0.4, 0.5) is 0 Å². The van der Waals surface area contributed by atoms with Gasteiger partial charge in [-0.05, 0) is 25.2 Å². The molecule has 2 rings (SSSR count). The molecule has 0 spiro atoms. The van der Waals surface area contributed by atoms with E-state index in [-0.39, 0.29) is 24.5 Å². The molecule has 0 aromatic rings. The summed E-state index contributed by atoms with van der Waals surface area (Å²) >= 11 is 0. The van der Waals surface area contributed by atoms with Crippen LogP contribution in [-0.2, 0) is 19.1 Å². The molecule has 102 valence electrons. The van der Waals surface area contributed by atoms with E-state index >= 15 is 0 Å². The molecule has 4 unspecified atom stereocenters. The van der Waals surface area contributed by atoms with E-state index in [4.69, 9.17) is 14.6 Å². The topological polar surface area (TPSA) is 99.7 Å². The van der Waals surface area contributed by atoms with Gasteiger partial charge < -0.3 is 19.7 Å². The van der Waals surface area contributed by atoms with Gasteiger partial charge in [0.25, 0.3) is 0 Å². The molecule has 2 saturated heterocycles. The minimum absolute atomic E-state index is 0.116. The molecule has 0 bridgehead atoms. The summed E-state index contributed by atoms with van der Waals surface area (Å²) in [5.41, 5.74) is 0. The summed E-state index contributed by atoms with van der Waals surface area (Å²) in [6.07, 6.45) is 2.17. The predicted octanol–water partition coefficient (Wildman–Crippen LogP) is 0.746. The monoisotopic (exact) mass is 258 g/mol. The van der Waals surface area contributed by atoms with Crippen molar-refractivity contribution in [2.45, 2.75) is 37.9 Å². The van der Waals surface area contributed by atoms with Crippen LogP contribution < -0.4 is 0 Å². The van der Waals surface area contributed by atoms with Crippen molar-refractivity contribution < 1.29 is 29.3 Å². The van der Waals surface area contributed by atoms with Gasteiger partial charge in [0.1, 0.15) is 0 Å². The molecule has 2 N–H and O–H groups in total. The van der Waals surface area contributed by atoms with E-state index in [1.54, 1.807) is 0 Å². The molecule has 2 heterocycles. The highest BCUT2D eigenvalue weighted by Gasteiger charge is 2.36. The van der Waals surface area contributed by atoms with Crippen LogP contribution in [-0.4, -0.2) is 47.6 Å². The van der Waals surface area contributed by atoms with E-state index in [0.717, 1.165) is 13.0 Å². The summed E-state index contributed by atoms with van der Waals surface area (Å²) in [5.74, 6) is -3.06. The van der Waals surface area contributed by atoms with Gasteiger partial charge in [-0.15, -0.1) is 0 Å². The van der Waals surface area contributed by atoms with Crippen molar-refractivity contribution in [3.63, 3.8) is 0 Å². The van der Waals surface area contributed by atoms with Gasteiger partial charge in [-0.25, -0.2) is 0 Å². The van der Waals surface area contributed by atoms with Gasteiger partial charge in [0.05, 0.1) is 37.8 Å². The minimum atomic E-state index is -1.06. The number of hydrogen-bond acceptors (Lipinski definition) is 4. The van der Waals surface area contributed by atoms with Crippen molar-refractivity contribution >= 4 is 11.9 Å². The van der Waals surface area contributed by atoms with E-state index in [2.05, 4.69) is 0 Å². The third-order valence-corrected chi connectivity index (χ3v) is 3.51. The molecular formula is C12H18O6. The van der Waals surface area contributed by atoms with Crippen molar-refractivity contribution in [2.75, 3.05) is 13.2 Å². The third-order valence-electron chi connectivity index (χ3n) is 3.51. The molecule has 0 aromatic carbocycles. The number of carbonyl (C=O) groups is 2. The van der Waals surface area contributed by atoms with Gasteiger partial charge in [0.15, 0.2) is 0 Å². The summed E-state index contributed by atoms with van der Waals surface area (Å²) < 4.78 is 10.2. The Balaban J connectivity index is 1.91. The van der Waals surface area contributed by atoms with Crippen LogP contribution in [0.1, 0.15) is 25.7 Å². The third kappa shape index (κ3) is 4.27. The number of aliphatic carboxylic acids is 2. The fraction of sp³-hybridized carbons (Fsp3) is 0.833. The molecule has 6 heteroatoms. The van der Waals surface area contributed by atoms with Crippen LogP contribution in [0.25, 0.3) is 0 Å². The standard InChI is InChI=1S/C12H18O6/c13-11(14)4-10(12(15)16)7(3-9-6-18-9)1-2-8-5-17-8/h7-10H,1-6H2,(H,13,14)(H,15,16). The zero-order valence-electron chi connectivity index (χ0n) is 10.1. The van der Waals surface area contributed by atoms with E-state index < -0.39 is 17.9 Å². The summed E-state index contributed by atoms with van der Waals surface area (Å²) in [4.78, 5) is 22.0. The summed E-state index contributed by atoms with van der Waals surface area (Å²) in [7, 11) is 0. The fourth-order valence-corrected chi connectivity index (χ4v) is 2.30. The first-order chi connectivity index (χ1) is 8.56. The van der Waals surface area contributed by atoms with E-state index in [0.29, 0.717) is 19.4 Å². The SMILES string of the molecule is O=C(O)CC(C(=O)O)C(CCC1CO1)CC1CO1. The largest absolute Gasteiger partial charge is 0.481 e. The van der Waals surface area contributed by atoms with Gasteiger partial charge in [-0.3, -0.25) is 9.59 Å². The molecular weight excluding hydrogens is 240 g/mol. The molecule has 18 heavy (non-hydrogen) atoms. The first kappa shape index (κ1) is 13.3. The molecule has 0 saturated carbocycles. The molecule has 0 aliphatic carbocycles. The second kappa shape index (κ2) is 5.67. The van der Waals surface area contributed by atoms with Gasteiger partial charge in [0, 0.05) is 0 Å². The number of hydrogen-bond donors (Lipinski definition) is 2. The Hall–Kier alpha value is -1.14. The van der Waals surface area contributed by atoms with Crippen molar-refractivity contribution in [1.82, 2.24) is 0 Å². The first-order valence-electron chi connectivity index (χ1n) is 6.24. The zero-order chi connectivity index (χ0) is 13.1. The van der Waals surface area contributed by atoms with Crippen LogP contribution >= 0.6 is 0 Å². The number of ether oxygens (including phenoxy) is 2. The summed E-state index contributed by atoms with van der Waals surface area (Å²) in [5, 5.41) is 18.0. The molecule has 6 nitrogen and oxygen atoms in total. The number of carboxylic acid groups (broad SMARTS) is 2. The highest BCUT2D eigenvalue weighted by molar-refractivity contribution is 5.78. The Bertz CT molecular complexity index is 321. The van der Waals surface area contributed by atoms with Crippen LogP contribution in [0.2, 0.25) is 0 Å². The van der Waals surface area contributed by atoms with Gasteiger partial charge in [0.2, 0.25) is 0 Å². The highest BCUT2D eigenvalue weighted by atomic mass is 16.6. The van der Waals surface area contributed by atoms with Crippen molar-refractivity contribution in [3.05, 3.63) is 0 Å². The smallest absolute Gasteiger partial charge is 0.307 e. The second-order valence-electron chi connectivity index (χ2n) is 5.03. The zero-order valence-corrected chi connectivity index (χ0v) is 10.1. The average molecular weight is 258 g/mol. The quantitative estimate of drug-likeness (QED) is 0.592. The van der Waals surface area contributed by atoms with E-state index in [9.17, 15) is 14.7 Å². The number of rotatable bonds is 9.